The smallest absolute Gasteiger partial charge is 0.231 e. The van der Waals surface area contributed by atoms with E-state index in [1.54, 1.807) is 12.1 Å². The van der Waals surface area contributed by atoms with Gasteiger partial charge in [-0.05, 0) is 43.0 Å². The van der Waals surface area contributed by atoms with Crippen molar-refractivity contribution in [1.29, 1.82) is 0 Å². The highest BCUT2D eigenvalue weighted by Crippen LogP contribution is 2.48. The molecule has 0 bridgehead atoms. The normalized spacial score (nSPS) is 17.0. The Bertz CT molecular complexity index is 632. The van der Waals surface area contributed by atoms with Crippen molar-refractivity contribution in [3.8, 4) is 0 Å². The fourth-order valence-electron chi connectivity index (χ4n) is 2.70. The number of rotatable bonds is 4. The van der Waals surface area contributed by atoms with Gasteiger partial charge in [0.15, 0.2) is 0 Å². The lowest BCUT2D eigenvalue weighted by Gasteiger charge is -2.20. The van der Waals surface area contributed by atoms with Crippen molar-refractivity contribution >= 4 is 5.91 Å². The van der Waals surface area contributed by atoms with Gasteiger partial charge in [0, 0.05) is 0 Å². The zero-order chi connectivity index (χ0) is 14.9. The molecule has 0 heterocycles. The summed E-state index contributed by atoms with van der Waals surface area (Å²) >= 11 is 0. The first kappa shape index (κ1) is 13.8. The SMILES string of the molecule is C[C@@H](NC(=O)C1(c2ccc(F)cc2)CC1)c1ccccc1. The fraction of sp³-hybridized carbons (Fsp3) is 0.278. The Kier molecular flexibility index (Phi) is 3.50. The molecule has 3 heteroatoms. The number of halogens is 1. The molecule has 1 amide bonds. The second-order valence-corrected chi connectivity index (χ2v) is 5.69. The molecule has 0 aliphatic heterocycles. The summed E-state index contributed by atoms with van der Waals surface area (Å²) in [6.07, 6.45) is 1.65. The van der Waals surface area contributed by atoms with Gasteiger partial charge in [-0.2, -0.15) is 0 Å². The lowest BCUT2D eigenvalue weighted by Crippen LogP contribution is -2.36. The molecule has 1 fully saturated rings. The van der Waals surface area contributed by atoms with E-state index in [0.717, 1.165) is 24.0 Å². The molecule has 2 aromatic carbocycles. The largest absolute Gasteiger partial charge is 0.349 e. The van der Waals surface area contributed by atoms with Gasteiger partial charge in [0.2, 0.25) is 5.91 Å². The van der Waals surface area contributed by atoms with E-state index < -0.39 is 5.41 Å². The summed E-state index contributed by atoms with van der Waals surface area (Å²) in [6.45, 7) is 1.98. The molecule has 1 atom stereocenters. The van der Waals surface area contributed by atoms with Crippen LogP contribution in [0.2, 0.25) is 0 Å². The van der Waals surface area contributed by atoms with Crippen molar-refractivity contribution in [2.75, 3.05) is 0 Å². The standard InChI is InChI=1S/C18H18FNO/c1-13(14-5-3-2-4-6-14)20-17(21)18(11-12-18)15-7-9-16(19)10-8-15/h2-10,13H,11-12H2,1H3,(H,20,21)/t13-/m1/s1. The number of nitrogens with one attached hydrogen (secondary N) is 1. The van der Waals surface area contributed by atoms with Crippen LogP contribution in [0.3, 0.4) is 0 Å². The van der Waals surface area contributed by atoms with Crippen LogP contribution in [0.5, 0.6) is 0 Å². The molecule has 3 rings (SSSR count). The van der Waals surface area contributed by atoms with Crippen LogP contribution in [0.25, 0.3) is 0 Å². The van der Waals surface area contributed by atoms with Crippen LogP contribution in [0.15, 0.2) is 54.6 Å². The van der Waals surface area contributed by atoms with E-state index in [0.29, 0.717) is 0 Å². The molecule has 21 heavy (non-hydrogen) atoms. The molecule has 0 aromatic heterocycles. The average Bonchev–Trinajstić information content (AvgIpc) is 3.30. The summed E-state index contributed by atoms with van der Waals surface area (Å²) < 4.78 is 13.0. The Labute approximate surface area is 124 Å². The zero-order valence-corrected chi connectivity index (χ0v) is 12.0. The van der Waals surface area contributed by atoms with Crippen molar-refractivity contribution in [3.63, 3.8) is 0 Å². The number of amides is 1. The monoisotopic (exact) mass is 283 g/mol. The molecule has 2 nitrogen and oxygen atoms in total. The van der Waals surface area contributed by atoms with Crippen LogP contribution in [0.1, 0.15) is 36.9 Å². The Morgan fingerprint density at radius 1 is 1.10 bits per heavy atom. The van der Waals surface area contributed by atoms with Gasteiger partial charge in [0.1, 0.15) is 5.82 Å². The lowest BCUT2D eigenvalue weighted by atomic mass is 9.94. The van der Waals surface area contributed by atoms with E-state index >= 15 is 0 Å². The minimum absolute atomic E-state index is 0.0309. The zero-order valence-electron chi connectivity index (χ0n) is 12.0. The highest BCUT2D eigenvalue weighted by atomic mass is 19.1. The molecular formula is C18H18FNO. The maximum absolute atomic E-state index is 13.0. The second kappa shape index (κ2) is 5.32. The number of carbonyl (C=O) groups is 1. The van der Waals surface area contributed by atoms with Crippen LogP contribution in [0, 0.1) is 5.82 Å². The Morgan fingerprint density at radius 3 is 2.29 bits per heavy atom. The minimum atomic E-state index is -0.462. The predicted octanol–water partition coefficient (Wildman–Crippen LogP) is 3.73. The molecule has 2 aromatic rings. The quantitative estimate of drug-likeness (QED) is 0.910. The molecule has 0 unspecified atom stereocenters. The molecule has 0 saturated heterocycles. The van der Waals surface area contributed by atoms with Gasteiger partial charge in [-0.3, -0.25) is 4.79 Å². The average molecular weight is 283 g/mol. The minimum Gasteiger partial charge on any atom is -0.349 e. The number of benzene rings is 2. The molecule has 0 spiro atoms. The Balaban J connectivity index is 1.75. The number of hydrogen-bond donors (Lipinski definition) is 1. The van der Waals surface area contributed by atoms with E-state index in [-0.39, 0.29) is 17.8 Å². The van der Waals surface area contributed by atoms with Crippen molar-refractivity contribution in [1.82, 2.24) is 5.32 Å². The first-order chi connectivity index (χ1) is 10.1. The third-order valence-electron chi connectivity index (χ3n) is 4.23. The van der Waals surface area contributed by atoms with Gasteiger partial charge in [0.05, 0.1) is 11.5 Å². The summed E-state index contributed by atoms with van der Waals surface area (Å²) in [6, 6.07) is 16.1. The van der Waals surface area contributed by atoms with Crippen LogP contribution in [-0.4, -0.2) is 5.91 Å². The highest BCUT2D eigenvalue weighted by molar-refractivity contribution is 5.91. The summed E-state index contributed by atoms with van der Waals surface area (Å²) in [5.74, 6) is -0.238. The second-order valence-electron chi connectivity index (χ2n) is 5.69. The van der Waals surface area contributed by atoms with Crippen LogP contribution in [-0.2, 0) is 10.2 Å². The third-order valence-corrected chi connectivity index (χ3v) is 4.23. The van der Waals surface area contributed by atoms with Gasteiger partial charge < -0.3 is 5.32 Å². The summed E-state index contributed by atoms with van der Waals surface area (Å²) in [4.78, 5) is 12.6. The summed E-state index contributed by atoms with van der Waals surface area (Å²) in [7, 11) is 0. The predicted molar refractivity (Wildman–Crippen MR) is 80.3 cm³/mol. The van der Waals surface area contributed by atoms with Gasteiger partial charge in [-0.15, -0.1) is 0 Å². The topological polar surface area (TPSA) is 29.1 Å². The maximum atomic E-state index is 13.0. The van der Waals surface area contributed by atoms with Crippen molar-refractivity contribution in [2.45, 2.75) is 31.2 Å². The Morgan fingerprint density at radius 2 is 1.71 bits per heavy atom. The molecule has 1 N–H and O–H groups in total. The highest BCUT2D eigenvalue weighted by Gasteiger charge is 2.51. The number of carbonyl (C=O) groups excluding carboxylic acids is 1. The lowest BCUT2D eigenvalue weighted by molar-refractivity contribution is -0.124. The van der Waals surface area contributed by atoms with Gasteiger partial charge in [-0.25, -0.2) is 4.39 Å². The van der Waals surface area contributed by atoms with Gasteiger partial charge >= 0.3 is 0 Å². The van der Waals surface area contributed by atoms with E-state index in [1.807, 2.05) is 37.3 Å². The molecule has 0 radical (unpaired) electrons. The summed E-state index contributed by atoms with van der Waals surface area (Å²) in [5.41, 5.74) is 1.53. The van der Waals surface area contributed by atoms with Gasteiger partial charge in [0.25, 0.3) is 0 Å². The van der Waals surface area contributed by atoms with E-state index in [2.05, 4.69) is 5.32 Å². The first-order valence-electron chi connectivity index (χ1n) is 7.24. The first-order valence-corrected chi connectivity index (χ1v) is 7.24. The summed E-state index contributed by atoms with van der Waals surface area (Å²) in [5, 5.41) is 3.08. The third kappa shape index (κ3) is 2.68. The molecule has 1 aliphatic carbocycles. The fourth-order valence-corrected chi connectivity index (χ4v) is 2.70. The van der Waals surface area contributed by atoms with Crippen molar-refractivity contribution < 1.29 is 9.18 Å². The number of hydrogen-bond acceptors (Lipinski definition) is 1. The molecule has 108 valence electrons. The van der Waals surface area contributed by atoms with E-state index in [4.69, 9.17) is 0 Å². The molecular weight excluding hydrogens is 265 g/mol. The van der Waals surface area contributed by atoms with E-state index in [1.165, 1.54) is 12.1 Å². The molecule has 1 saturated carbocycles. The van der Waals surface area contributed by atoms with Gasteiger partial charge in [-0.1, -0.05) is 42.5 Å². The maximum Gasteiger partial charge on any atom is 0.231 e. The molecule has 1 aliphatic rings. The van der Waals surface area contributed by atoms with E-state index in [9.17, 15) is 9.18 Å². The Hall–Kier alpha value is -2.16. The van der Waals surface area contributed by atoms with Crippen LogP contribution >= 0.6 is 0 Å². The van der Waals surface area contributed by atoms with Crippen LogP contribution in [0.4, 0.5) is 4.39 Å². The van der Waals surface area contributed by atoms with Crippen molar-refractivity contribution in [3.05, 3.63) is 71.5 Å². The van der Waals surface area contributed by atoms with Crippen molar-refractivity contribution in [2.24, 2.45) is 0 Å². The van der Waals surface area contributed by atoms with Crippen LogP contribution < -0.4 is 5.32 Å².